The number of ether oxygens (including phenoxy) is 1. The smallest absolute Gasteiger partial charge is 0.387 e. The van der Waals surface area contributed by atoms with Gasteiger partial charge in [0.05, 0.1) is 0 Å². The molecule has 2 aromatic carbocycles. The first-order valence-electron chi connectivity index (χ1n) is 8.75. The zero-order chi connectivity index (χ0) is 20.5. The van der Waals surface area contributed by atoms with Gasteiger partial charge in [0.15, 0.2) is 0 Å². The summed E-state index contributed by atoms with van der Waals surface area (Å²) >= 11 is 0. The van der Waals surface area contributed by atoms with Gasteiger partial charge in [-0.2, -0.15) is 8.78 Å². The van der Waals surface area contributed by atoms with Gasteiger partial charge in [-0.3, -0.25) is 9.59 Å². The van der Waals surface area contributed by atoms with Crippen molar-refractivity contribution in [1.82, 2.24) is 4.90 Å². The Morgan fingerprint density at radius 1 is 1.18 bits per heavy atom. The number of carbonyl (C=O) groups is 2. The summed E-state index contributed by atoms with van der Waals surface area (Å²) in [6, 6.07) is 13.2. The van der Waals surface area contributed by atoms with Crippen LogP contribution in [-0.4, -0.2) is 29.9 Å². The number of rotatable bonds is 8. The second-order valence-electron chi connectivity index (χ2n) is 6.00. The Morgan fingerprint density at radius 2 is 1.89 bits per heavy atom. The number of carbonyl (C=O) groups excluding carboxylic acids is 2. The molecule has 0 radical (unpaired) electrons. The Hall–Kier alpha value is -3.22. The molecule has 0 aliphatic heterocycles. The average molecular weight is 388 g/mol. The molecule has 0 spiro atoms. The Morgan fingerprint density at radius 3 is 2.50 bits per heavy atom. The highest BCUT2D eigenvalue weighted by atomic mass is 19.3. The molecule has 0 saturated heterocycles. The van der Waals surface area contributed by atoms with Crippen molar-refractivity contribution in [2.45, 2.75) is 27.0 Å². The van der Waals surface area contributed by atoms with E-state index in [4.69, 9.17) is 0 Å². The van der Waals surface area contributed by atoms with E-state index in [2.05, 4.69) is 10.1 Å². The molecule has 2 aromatic rings. The number of nitrogens with one attached hydrogen (secondary N) is 1. The van der Waals surface area contributed by atoms with Crippen LogP contribution in [0.15, 0.2) is 54.6 Å². The van der Waals surface area contributed by atoms with Crippen molar-refractivity contribution in [1.29, 1.82) is 0 Å². The molecule has 2 rings (SSSR count). The Labute approximate surface area is 162 Å². The lowest BCUT2D eigenvalue weighted by molar-refractivity contribution is -0.129. The van der Waals surface area contributed by atoms with Crippen LogP contribution in [0.5, 0.6) is 5.75 Å². The lowest BCUT2D eigenvalue weighted by Crippen LogP contribution is -2.27. The molecule has 0 aliphatic rings. The fourth-order valence-corrected chi connectivity index (χ4v) is 2.53. The molecular formula is C21H22F2N2O3. The average Bonchev–Trinajstić information content (AvgIpc) is 2.65. The molecule has 148 valence electrons. The van der Waals surface area contributed by atoms with Crippen LogP contribution in [0.2, 0.25) is 0 Å². The van der Waals surface area contributed by atoms with Crippen molar-refractivity contribution in [2.24, 2.45) is 0 Å². The van der Waals surface area contributed by atoms with Crippen LogP contribution in [0.25, 0.3) is 6.08 Å². The van der Waals surface area contributed by atoms with Gasteiger partial charge in [-0.25, -0.2) is 0 Å². The van der Waals surface area contributed by atoms with Gasteiger partial charge in [-0.1, -0.05) is 24.3 Å². The highest BCUT2D eigenvalue weighted by Crippen LogP contribution is 2.16. The summed E-state index contributed by atoms with van der Waals surface area (Å²) in [5, 5.41) is 2.76. The number of benzene rings is 2. The maximum absolute atomic E-state index is 12.1. The molecule has 0 unspecified atom stereocenters. The molecule has 0 fully saturated rings. The fourth-order valence-electron chi connectivity index (χ4n) is 2.53. The van der Waals surface area contributed by atoms with Crippen LogP contribution < -0.4 is 10.1 Å². The zero-order valence-electron chi connectivity index (χ0n) is 15.7. The summed E-state index contributed by atoms with van der Waals surface area (Å²) in [5.41, 5.74) is 2.20. The first-order chi connectivity index (χ1) is 13.4. The van der Waals surface area contributed by atoms with Gasteiger partial charge in [-0.05, 0) is 48.4 Å². The SMILES string of the molecule is CCN(Cc1cccc(NC(=O)/C=C/c2ccc(OC(F)F)cc2)c1)C(C)=O. The third kappa shape index (κ3) is 6.83. The molecule has 0 aromatic heterocycles. The van der Waals surface area contributed by atoms with Crippen LogP contribution in [0, 0.1) is 0 Å². The van der Waals surface area contributed by atoms with Crippen molar-refractivity contribution in [3.05, 3.63) is 65.7 Å². The molecule has 0 atom stereocenters. The van der Waals surface area contributed by atoms with Crippen molar-refractivity contribution in [3.63, 3.8) is 0 Å². The highest BCUT2D eigenvalue weighted by molar-refractivity contribution is 6.01. The third-order valence-corrected chi connectivity index (χ3v) is 3.93. The van der Waals surface area contributed by atoms with Gasteiger partial charge >= 0.3 is 6.61 Å². The molecule has 2 amide bonds. The van der Waals surface area contributed by atoms with Crippen molar-refractivity contribution >= 4 is 23.6 Å². The normalized spacial score (nSPS) is 10.9. The van der Waals surface area contributed by atoms with Crippen LogP contribution in [0.1, 0.15) is 25.0 Å². The van der Waals surface area contributed by atoms with Gasteiger partial charge in [-0.15, -0.1) is 0 Å². The second-order valence-corrected chi connectivity index (χ2v) is 6.00. The zero-order valence-corrected chi connectivity index (χ0v) is 15.7. The minimum Gasteiger partial charge on any atom is -0.435 e. The molecule has 7 heteroatoms. The van der Waals surface area contributed by atoms with E-state index in [0.717, 1.165) is 5.56 Å². The molecule has 0 heterocycles. The maximum atomic E-state index is 12.1. The number of hydrogen-bond acceptors (Lipinski definition) is 3. The van der Waals surface area contributed by atoms with E-state index < -0.39 is 6.61 Å². The number of nitrogens with zero attached hydrogens (tertiary/aromatic N) is 1. The van der Waals surface area contributed by atoms with Gasteiger partial charge < -0.3 is 15.0 Å². The fraction of sp³-hybridized carbons (Fsp3) is 0.238. The van der Waals surface area contributed by atoms with Crippen LogP contribution in [0.3, 0.4) is 0 Å². The lowest BCUT2D eigenvalue weighted by Gasteiger charge is -2.19. The lowest BCUT2D eigenvalue weighted by atomic mass is 10.1. The van der Waals surface area contributed by atoms with Crippen molar-refractivity contribution < 1.29 is 23.1 Å². The van der Waals surface area contributed by atoms with Crippen LogP contribution in [-0.2, 0) is 16.1 Å². The summed E-state index contributed by atoms with van der Waals surface area (Å²) in [6.45, 7) is 1.63. The highest BCUT2D eigenvalue weighted by Gasteiger charge is 2.08. The van der Waals surface area contributed by atoms with E-state index in [0.29, 0.717) is 24.3 Å². The Bertz CT molecular complexity index is 836. The Balaban J connectivity index is 1.96. The quantitative estimate of drug-likeness (QED) is 0.686. The summed E-state index contributed by atoms with van der Waals surface area (Å²) in [5.74, 6) is -0.283. The van der Waals surface area contributed by atoms with E-state index in [1.807, 2.05) is 25.1 Å². The minimum absolute atomic E-state index is 0.00941. The van der Waals surface area contributed by atoms with E-state index in [9.17, 15) is 18.4 Å². The van der Waals surface area contributed by atoms with Gasteiger partial charge in [0.1, 0.15) is 5.75 Å². The number of alkyl halides is 2. The number of anilines is 1. The van der Waals surface area contributed by atoms with Crippen LogP contribution >= 0.6 is 0 Å². The number of amides is 2. The van der Waals surface area contributed by atoms with Gasteiger partial charge in [0.25, 0.3) is 0 Å². The summed E-state index contributed by atoms with van der Waals surface area (Å²) < 4.78 is 28.5. The molecule has 0 saturated carbocycles. The molecular weight excluding hydrogens is 366 g/mol. The molecule has 1 N–H and O–H groups in total. The number of hydrogen-bond donors (Lipinski definition) is 1. The monoisotopic (exact) mass is 388 g/mol. The van der Waals surface area contributed by atoms with Crippen molar-refractivity contribution in [2.75, 3.05) is 11.9 Å². The standard InChI is InChI=1S/C21H22F2N2O3/c1-3-25(15(2)26)14-17-5-4-6-18(13-17)24-20(27)12-9-16-7-10-19(11-8-16)28-21(22)23/h4-13,21H,3,14H2,1-2H3,(H,24,27)/b12-9+. The number of halogens is 2. The first-order valence-corrected chi connectivity index (χ1v) is 8.75. The molecule has 0 bridgehead atoms. The van der Waals surface area contributed by atoms with E-state index in [1.54, 1.807) is 29.2 Å². The molecule has 28 heavy (non-hydrogen) atoms. The first kappa shape index (κ1) is 21.1. The molecule has 0 aliphatic carbocycles. The van der Waals surface area contributed by atoms with Crippen LogP contribution in [0.4, 0.5) is 14.5 Å². The van der Waals surface area contributed by atoms with E-state index >= 15 is 0 Å². The third-order valence-electron chi connectivity index (χ3n) is 3.93. The largest absolute Gasteiger partial charge is 0.435 e. The van der Waals surface area contributed by atoms with E-state index in [-0.39, 0.29) is 17.6 Å². The summed E-state index contributed by atoms with van der Waals surface area (Å²) in [4.78, 5) is 25.3. The minimum atomic E-state index is -2.87. The van der Waals surface area contributed by atoms with Gasteiger partial charge in [0.2, 0.25) is 11.8 Å². The maximum Gasteiger partial charge on any atom is 0.387 e. The van der Waals surface area contributed by atoms with Gasteiger partial charge in [0, 0.05) is 31.8 Å². The second kappa shape index (κ2) is 10.2. The molecule has 5 nitrogen and oxygen atoms in total. The predicted molar refractivity (Wildman–Crippen MR) is 104 cm³/mol. The Kier molecular flexibility index (Phi) is 7.68. The topological polar surface area (TPSA) is 58.6 Å². The predicted octanol–water partition coefficient (Wildman–Crippen LogP) is 4.31. The van der Waals surface area contributed by atoms with E-state index in [1.165, 1.54) is 25.1 Å². The summed E-state index contributed by atoms with van der Waals surface area (Å²) in [6.07, 6.45) is 2.92. The summed E-state index contributed by atoms with van der Waals surface area (Å²) in [7, 11) is 0. The van der Waals surface area contributed by atoms with Crippen molar-refractivity contribution in [3.8, 4) is 5.75 Å².